The fraction of sp³-hybridized carbons (Fsp3) is 0. The first-order valence-corrected chi connectivity index (χ1v) is 18.2. The molecule has 10 rings (SSSR count). The molecule has 0 spiro atoms. The predicted molar refractivity (Wildman–Crippen MR) is 221 cm³/mol. The van der Waals surface area contributed by atoms with Gasteiger partial charge in [-0.1, -0.05) is 176 Å². The highest BCUT2D eigenvalue weighted by molar-refractivity contribution is 6.15. The summed E-state index contributed by atoms with van der Waals surface area (Å²) in [6, 6.07) is 63.3. The summed E-state index contributed by atoms with van der Waals surface area (Å²) in [6.07, 6.45) is 0. The van der Waals surface area contributed by atoms with Crippen LogP contribution in [0.25, 0.3) is 101 Å². The summed E-state index contributed by atoms with van der Waals surface area (Å²) in [5, 5.41) is 1.95. The highest BCUT2D eigenvalue weighted by atomic mass is 16.3. The van der Waals surface area contributed by atoms with E-state index in [-0.39, 0.29) is 0 Å². The molecule has 0 amide bonds. The van der Waals surface area contributed by atoms with Gasteiger partial charge >= 0.3 is 0 Å². The van der Waals surface area contributed by atoms with Gasteiger partial charge < -0.3 is 4.42 Å². The minimum absolute atomic E-state index is 0.586. The second kappa shape index (κ2) is 13.8. The second-order valence-corrected chi connectivity index (χ2v) is 13.3. The van der Waals surface area contributed by atoms with Crippen molar-refractivity contribution in [2.24, 2.45) is 0 Å². The molecule has 258 valence electrons. The van der Waals surface area contributed by atoms with Crippen LogP contribution in [0.5, 0.6) is 0 Å². The molecule has 0 aliphatic heterocycles. The summed E-state index contributed by atoms with van der Waals surface area (Å²) in [7, 11) is 0. The molecule has 7 aromatic carbocycles. The Labute approximate surface area is 317 Å². The zero-order chi connectivity index (χ0) is 36.6. The van der Waals surface area contributed by atoms with Crippen molar-refractivity contribution in [2.75, 3.05) is 0 Å². The highest BCUT2D eigenvalue weighted by Gasteiger charge is 2.20. The lowest BCUT2D eigenvalue weighted by Crippen LogP contribution is -2.00. The lowest BCUT2D eigenvalue weighted by molar-refractivity contribution is 0.670. The van der Waals surface area contributed by atoms with E-state index in [9.17, 15) is 0 Å². The SMILES string of the molecule is c1ccc(-c2cc(-c3ccccc3)nc(-c3ccc(-c4cccc5c4oc4cccc(-c6nc(-c7ccccc7)nc(-c7ccccc7)n6)c45)cc3)n2)cc1. The Morgan fingerprint density at radius 3 is 1.31 bits per heavy atom. The van der Waals surface area contributed by atoms with Crippen molar-refractivity contribution < 1.29 is 4.42 Å². The van der Waals surface area contributed by atoms with Crippen LogP contribution in [0.2, 0.25) is 0 Å². The fourth-order valence-electron chi connectivity index (χ4n) is 7.08. The van der Waals surface area contributed by atoms with E-state index in [2.05, 4.69) is 78.9 Å². The molecule has 0 aliphatic carbocycles. The van der Waals surface area contributed by atoms with E-state index < -0.39 is 0 Å². The van der Waals surface area contributed by atoms with E-state index >= 15 is 0 Å². The molecular formula is C49H31N5O. The molecule has 55 heavy (non-hydrogen) atoms. The summed E-state index contributed by atoms with van der Waals surface area (Å²) in [4.78, 5) is 25.0. The summed E-state index contributed by atoms with van der Waals surface area (Å²) >= 11 is 0. The zero-order valence-electron chi connectivity index (χ0n) is 29.5. The Bertz CT molecular complexity index is 2830. The largest absolute Gasteiger partial charge is 0.455 e. The molecular weight excluding hydrogens is 675 g/mol. The zero-order valence-corrected chi connectivity index (χ0v) is 29.5. The van der Waals surface area contributed by atoms with Crippen molar-refractivity contribution >= 4 is 21.9 Å². The molecule has 0 atom stereocenters. The number of nitrogens with zero attached hydrogens (tertiary/aromatic N) is 5. The summed E-state index contributed by atoms with van der Waals surface area (Å²) < 4.78 is 6.68. The molecule has 0 saturated heterocycles. The molecule has 0 fully saturated rings. The van der Waals surface area contributed by atoms with Crippen molar-refractivity contribution in [3.05, 3.63) is 188 Å². The Morgan fingerprint density at radius 1 is 0.309 bits per heavy atom. The number of hydrogen-bond acceptors (Lipinski definition) is 6. The van der Waals surface area contributed by atoms with E-state index in [0.29, 0.717) is 23.3 Å². The van der Waals surface area contributed by atoms with Gasteiger partial charge in [0.15, 0.2) is 23.3 Å². The number of fused-ring (bicyclic) bond motifs is 3. The summed E-state index contributed by atoms with van der Waals surface area (Å²) in [5.74, 6) is 2.48. The van der Waals surface area contributed by atoms with E-state index in [1.54, 1.807) is 0 Å². The topological polar surface area (TPSA) is 77.6 Å². The van der Waals surface area contributed by atoms with Crippen LogP contribution < -0.4 is 0 Å². The third-order valence-corrected chi connectivity index (χ3v) is 9.78. The molecule has 0 saturated carbocycles. The molecule has 0 N–H and O–H groups in total. The third kappa shape index (κ3) is 6.11. The van der Waals surface area contributed by atoms with Crippen LogP contribution in [-0.2, 0) is 0 Å². The highest BCUT2D eigenvalue weighted by Crippen LogP contribution is 2.40. The maximum absolute atomic E-state index is 6.68. The first kappa shape index (κ1) is 32.1. The van der Waals surface area contributed by atoms with Gasteiger partial charge in [0.1, 0.15) is 11.2 Å². The van der Waals surface area contributed by atoms with Gasteiger partial charge in [-0.25, -0.2) is 24.9 Å². The van der Waals surface area contributed by atoms with Crippen molar-refractivity contribution in [2.45, 2.75) is 0 Å². The van der Waals surface area contributed by atoms with E-state index in [1.807, 2.05) is 109 Å². The maximum Gasteiger partial charge on any atom is 0.164 e. The second-order valence-electron chi connectivity index (χ2n) is 13.3. The molecule has 0 bridgehead atoms. The minimum atomic E-state index is 0.586. The van der Waals surface area contributed by atoms with Crippen LogP contribution in [-0.4, -0.2) is 24.9 Å². The van der Waals surface area contributed by atoms with Crippen LogP contribution in [0, 0.1) is 0 Å². The smallest absolute Gasteiger partial charge is 0.164 e. The maximum atomic E-state index is 6.68. The third-order valence-electron chi connectivity index (χ3n) is 9.78. The quantitative estimate of drug-likeness (QED) is 0.164. The molecule has 0 aliphatic rings. The lowest BCUT2D eigenvalue weighted by Gasteiger charge is -2.10. The van der Waals surface area contributed by atoms with Gasteiger partial charge in [0, 0.05) is 49.7 Å². The average molecular weight is 706 g/mol. The Hall–Kier alpha value is -7.57. The molecule has 6 nitrogen and oxygen atoms in total. The minimum Gasteiger partial charge on any atom is -0.455 e. The Balaban J connectivity index is 1.07. The molecule has 3 aromatic heterocycles. The fourth-order valence-corrected chi connectivity index (χ4v) is 7.08. The molecule has 6 heteroatoms. The van der Waals surface area contributed by atoms with Crippen LogP contribution >= 0.6 is 0 Å². The number of benzene rings is 7. The van der Waals surface area contributed by atoms with Crippen LogP contribution in [0.15, 0.2) is 192 Å². The molecule has 0 unspecified atom stereocenters. The van der Waals surface area contributed by atoms with Crippen molar-refractivity contribution in [3.63, 3.8) is 0 Å². The van der Waals surface area contributed by atoms with Gasteiger partial charge in [0.2, 0.25) is 0 Å². The monoisotopic (exact) mass is 705 g/mol. The van der Waals surface area contributed by atoms with Gasteiger partial charge in [-0.05, 0) is 17.7 Å². The Kier molecular flexibility index (Phi) is 8.04. The van der Waals surface area contributed by atoms with Gasteiger partial charge in [-0.2, -0.15) is 0 Å². The van der Waals surface area contributed by atoms with Crippen LogP contribution in [0.4, 0.5) is 0 Å². The standard InChI is InChI=1S/C49H31N5O/c1-5-15-33(16-6-1)41-31-42(34-17-7-2-8-18-34)51-46(50-41)37-29-27-32(28-30-37)38-23-13-24-39-44-40(25-14-26-43(44)55-45(38)39)49-53-47(35-19-9-3-10-20-35)52-48(54-49)36-21-11-4-12-22-36/h1-31H. The van der Waals surface area contributed by atoms with E-state index in [4.69, 9.17) is 29.3 Å². The van der Waals surface area contributed by atoms with Crippen LogP contribution in [0.1, 0.15) is 0 Å². The summed E-state index contributed by atoms with van der Waals surface area (Å²) in [5.41, 5.74) is 11.1. The molecule has 0 radical (unpaired) electrons. The lowest BCUT2D eigenvalue weighted by atomic mass is 9.99. The van der Waals surface area contributed by atoms with Gasteiger partial charge in [-0.3, -0.25) is 0 Å². The van der Waals surface area contributed by atoms with E-state index in [0.717, 1.165) is 77.8 Å². The normalized spacial score (nSPS) is 11.3. The molecule has 3 heterocycles. The first-order chi connectivity index (χ1) is 27.2. The number of aromatic nitrogens is 5. The molecule has 10 aromatic rings. The average Bonchev–Trinajstić information content (AvgIpc) is 3.67. The van der Waals surface area contributed by atoms with Crippen molar-refractivity contribution in [1.82, 2.24) is 24.9 Å². The van der Waals surface area contributed by atoms with Crippen molar-refractivity contribution in [1.29, 1.82) is 0 Å². The number of para-hydroxylation sites is 1. The Morgan fingerprint density at radius 2 is 0.745 bits per heavy atom. The van der Waals surface area contributed by atoms with E-state index in [1.165, 1.54) is 0 Å². The number of rotatable bonds is 7. The first-order valence-electron chi connectivity index (χ1n) is 18.2. The summed E-state index contributed by atoms with van der Waals surface area (Å²) in [6.45, 7) is 0. The van der Waals surface area contributed by atoms with Gasteiger partial charge in [-0.15, -0.1) is 0 Å². The number of hydrogen-bond donors (Lipinski definition) is 0. The number of furan rings is 1. The van der Waals surface area contributed by atoms with Gasteiger partial charge in [0.25, 0.3) is 0 Å². The van der Waals surface area contributed by atoms with Crippen LogP contribution in [0.3, 0.4) is 0 Å². The van der Waals surface area contributed by atoms with Gasteiger partial charge in [0.05, 0.1) is 11.4 Å². The predicted octanol–water partition coefficient (Wildman–Crippen LogP) is 12.2. The van der Waals surface area contributed by atoms with Crippen molar-refractivity contribution in [3.8, 4) is 79.2 Å².